The van der Waals surface area contributed by atoms with E-state index in [1.54, 1.807) is 48.5 Å². The second-order valence-corrected chi connectivity index (χ2v) is 7.31. The Bertz CT molecular complexity index is 913. The Kier molecular flexibility index (Phi) is 3.19. The third kappa shape index (κ3) is 1.94. The van der Waals surface area contributed by atoms with E-state index in [-0.39, 0.29) is 0 Å². The number of fused-ring (bicyclic) bond motifs is 4. The summed E-state index contributed by atoms with van der Waals surface area (Å²) < 4.78 is 0. The molecule has 8 nitrogen and oxygen atoms in total. The van der Waals surface area contributed by atoms with Crippen LogP contribution < -0.4 is 21.3 Å². The van der Waals surface area contributed by atoms with Gasteiger partial charge in [-0.2, -0.15) is 0 Å². The van der Waals surface area contributed by atoms with Crippen molar-refractivity contribution >= 4 is 46.4 Å². The lowest BCUT2D eigenvalue weighted by atomic mass is 9.59. The van der Waals surface area contributed by atoms with E-state index in [2.05, 4.69) is 0 Å². The number of carbonyl (C=O) groups excluding carboxylic acids is 4. The van der Waals surface area contributed by atoms with Gasteiger partial charge in [0.05, 0.1) is 35.0 Å². The highest BCUT2D eigenvalue weighted by atomic mass is 16.2. The highest BCUT2D eigenvalue weighted by Crippen LogP contribution is 2.57. The average molecular weight is 376 g/mol. The topological polar surface area (TPSA) is 127 Å². The third-order valence-corrected chi connectivity index (χ3v) is 5.87. The fourth-order valence-corrected chi connectivity index (χ4v) is 4.55. The van der Waals surface area contributed by atoms with Crippen molar-refractivity contribution in [3.05, 3.63) is 48.5 Å². The van der Waals surface area contributed by atoms with Crippen LogP contribution in [0.4, 0.5) is 22.7 Å². The Morgan fingerprint density at radius 2 is 0.750 bits per heavy atom. The van der Waals surface area contributed by atoms with Gasteiger partial charge in [-0.15, -0.1) is 0 Å². The van der Waals surface area contributed by atoms with Crippen LogP contribution in [0.5, 0.6) is 0 Å². The summed E-state index contributed by atoms with van der Waals surface area (Å²) in [5, 5.41) is 0. The first-order valence-electron chi connectivity index (χ1n) is 8.87. The maximum absolute atomic E-state index is 12.9. The summed E-state index contributed by atoms with van der Waals surface area (Å²) in [6, 6.07) is 12.7. The summed E-state index contributed by atoms with van der Waals surface area (Å²) in [6.45, 7) is 0. The van der Waals surface area contributed by atoms with Gasteiger partial charge in [-0.3, -0.25) is 29.0 Å². The number of nitrogens with zero attached hydrogens (tertiary/aromatic N) is 2. The van der Waals surface area contributed by atoms with Crippen LogP contribution in [-0.2, 0) is 19.2 Å². The van der Waals surface area contributed by atoms with Crippen LogP contribution in [0.3, 0.4) is 0 Å². The van der Waals surface area contributed by atoms with Crippen LogP contribution in [0.1, 0.15) is 0 Å². The van der Waals surface area contributed by atoms with E-state index in [0.29, 0.717) is 22.7 Å². The Hall–Kier alpha value is -3.68. The number of amides is 4. The van der Waals surface area contributed by atoms with Crippen molar-refractivity contribution in [1.82, 2.24) is 0 Å². The van der Waals surface area contributed by atoms with Crippen LogP contribution >= 0.6 is 0 Å². The molecule has 0 unspecified atom stereocenters. The van der Waals surface area contributed by atoms with E-state index in [0.717, 1.165) is 9.80 Å². The van der Waals surface area contributed by atoms with E-state index in [4.69, 9.17) is 11.5 Å². The molecule has 3 fully saturated rings. The molecule has 28 heavy (non-hydrogen) atoms. The normalized spacial score (nSPS) is 28.4. The minimum atomic E-state index is -0.801. The molecule has 8 heteroatoms. The Balaban J connectivity index is 1.48. The molecule has 0 radical (unpaired) electrons. The second-order valence-electron chi connectivity index (χ2n) is 7.31. The van der Waals surface area contributed by atoms with E-state index in [1.165, 1.54) is 0 Å². The van der Waals surface area contributed by atoms with Crippen molar-refractivity contribution in [3.63, 3.8) is 0 Å². The first kappa shape index (κ1) is 16.5. The molecule has 1 aliphatic carbocycles. The summed E-state index contributed by atoms with van der Waals surface area (Å²) >= 11 is 0. The molecular formula is C20H16N4O4. The van der Waals surface area contributed by atoms with Gasteiger partial charge < -0.3 is 11.5 Å². The zero-order chi connectivity index (χ0) is 19.7. The van der Waals surface area contributed by atoms with E-state index in [1.807, 2.05) is 0 Å². The Morgan fingerprint density at radius 3 is 1.00 bits per heavy atom. The number of imide groups is 2. The minimum Gasteiger partial charge on any atom is -0.399 e. The maximum atomic E-state index is 12.9. The fraction of sp³-hybridized carbons (Fsp3) is 0.200. The number of nitrogen functional groups attached to an aromatic ring is 2. The monoisotopic (exact) mass is 376 g/mol. The predicted molar refractivity (Wildman–Crippen MR) is 101 cm³/mol. The molecule has 2 aromatic rings. The van der Waals surface area contributed by atoms with Crippen LogP contribution in [0.15, 0.2) is 48.5 Å². The van der Waals surface area contributed by atoms with Crippen LogP contribution in [-0.4, -0.2) is 23.6 Å². The lowest BCUT2D eigenvalue weighted by molar-refractivity contribution is -0.146. The molecule has 0 atom stereocenters. The van der Waals surface area contributed by atoms with Crippen LogP contribution in [0.2, 0.25) is 0 Å². The molecule has 3 aliphatic rings. The van der Waals surface area contributed by atoms with Gasteiger partial charge in [-0.1, -0.05) is 0 Å². The van der Waals surface area contributed by atoms with Crippen molar-refractivity contribution in [1.29, 1.82) is 0 Å². The van der Waals surface area contributed by atoms with Gasteiger partial charge in [0.1, 0.15) is 0 Å². The van der Waals surface area contributed by atoms with Gasteiger partial charge in [0.25, 0.3) is 0 Å². The minimum absolute atomic E-state index is 0.395. The van der Waals surface area contributed by atoms with Crippen molar-refractivity contribution in [2.24, 2.45) is 23.7 Å². The van der Waals surface area contributed by atoms with Gasteiger partial charge in [-0.25, -0.2) is 0 Å². The first-order chi connectivity index (χ1) is 13.4. The molecular weight excluding hydrogens is 360 g/mol. The second kappa shape index (κ2) is 5.41. The lowest BCUT2D eigenvalue weighted by Gasteiger charge is -2.36. The lowest BCUT2D eigenvalue weighted by Crippen LogP contribution is -2.50. The van der Waals surface area contributed by atoms with Crippen molar-refractivity contribution in [2.45, 2.75) is 0 Å². The third-order valence-electron chi connectivity index (χ3n) is 5.87. The number of anilines is 4. The molecule has 0 aromatic heterocycles. The molecule has 4 N–H and O–H groups in total. The molecule has 1 saturated carbocycles. The number of carbonyl (C=O) groups is 4. The Labute approximate surface area is 159 Å². The van der Waals surface area contributed by atoms with Gasteiger partial charge in [-0.05, 0) is 48.5 Å². The zero-order valence-electron chi connectivity index (χ0n) is 14.6. The quantitative estimate of drug-likeness (QED) is 0.589. The molecule has 140 valence electrons. The van der Waals surface area contributed by atoms with E-state index in [9.17, 15) is 19.2 Å². The van der Waals surface area contributed by atoms with E-state index < -0.39 is 47.3 Å². The molecule has 0 spiro atoms. The smallest absolute Gasteiger partial charge is 0.238 e. The molecule has 0 bridgehead atoms. The summed E-state index contributed by atoms with van der Waals surface area (Å²) in [5.41, 5.74) is 13.1. The molecule has 2 heterocycles. The number of benzene rings is 2. The van der Waals surface area contributed by atoms with Gasteiger partial charge in [0.2, 0.25) is 23.6 Å². The van der Waals surface area contributed by atoms with Crippen molar-refractivity contribution < 1.29 is 19.2 Å². The van der Waals surface area contributed by atoms with Gasteiger partial charge >= 0.3 is 0 Å². The predicted octanol–water partition coefficient (Wildman–Crippen LogP) is 0.776. The number of rotatable bonds is 2. The molecule has 2 saturated heterocycles. The summed E-state index contributed by atoms with van der Waals surface area (Å²) in [6.07, 6.45) is 0. The number of hydrogen-bond donors (Lipinski definition) is 2. The fourth-order valence-electron chi connectivity index (χ4n) is 4.55. The number of nitrogens with two attached hydrogens (primary N) is 2. The first-order valence-corrected chi connectivity index (χ1v) is 8.87. The van der Waals surface area contributed by atoms with Gasteiger partial charge in [0.15, 0.2) is 0 Å². The highest BCUT2D eigenvalue weighted by molar-refractivity contribution is 6.32. The average Bonchev–Trinajstić information content (AvgIpc) is 2.96. The van der Waals surface area contributed by atoms with Crippen molar-refractivity contribution in [2.75, 3.05) is 21.3 Å². The number of hydrogen-bond acceptors (Lipinski definition) is 6. The van der Waals surface area contributed by atoms with Gasteiger partial charge in [0, 0.05) is 11.4 Å². The SMILES string of the molecule is Nc1ccc(N2C(=O)C3C(C2=O)C2C(=O)N(c4ccc(N)cc4)C(=O)C32)cc1. The summed E-state index contributed by atoms with van der Waals surface area (Å²) in [7, 11) is 0. The molecule has 2 aliphatic heterocycles. The zero-order valence-corrected chi connectivity index (χ0v) is 14.6. The van der Waals surface area contributed by atoms with Crippen LogP contribution in [0, 0.1) is 23.7 Å². The summed E-state index contributed by atoms with van der Waals surface area (Å²) in [5.74, 6) is -4.98. The summed E-state index contributed by atoms with van der Waals surface area (Å²) in [4.78, 5) is 53.8. The maximum Gasteiger partial charge on any atom is 0.238 e. The molecule has 2 aromatic carbocycles. The molecule has 5 rings (SSSR count). The van der Waals surface area contributed by atoms with Crippen molar-refractivity contribution in [3.8, 4) is 0 Å². The largest absolute Gasteiger partial charge is 0.399 e. The molecule has 4 amide bonds. The Morgan fingerprint density at radius 1 is 0.500 bits per heavy atom. The van der Waals surface area contributed by atoms with Crippen LogP contribution in [0.25, 0.3) is 0 Å². The highest BCUT2D eigenvalue weighted by Gasteiger charge is 2.73. The van der Waals surface area contributed by atoms with E-state index >= 15 is 0 Å². The standard InChI is InChI=1S/C20H16N4O4/c21-9-1-5-11(6-2-9)23-17(25)13-14(18(23)26)16-15(13)19(27)24(20(16)28)12-7-3-10(22)4-8-12/h1-8,13-16H,21-22H2.